The Balaban J connectivity index is 1.47. The third-order valence-corrected chi connectivity index (χ3v) is 5.61. The molecule has 0 radical (unpaired) electrons. The van der Waals surface area contributed by atoms with Crippen molar-refractivity contribution in [3.05, 3.63) is 65.0 Å². The van der Waals surface area contributed by atoms with E-state index < -0.39 is 5.54 Å². The van der Waals surface area contributed by atoms with Gasteiger partial charge in [-0.05, 0) is 34.9 Å². The molecule has 134 valence electrons. The zero-order valence-corrected chi connectivity index (χ0v) is 14.8. The molecule has 2 N–H and O–H groups in total. The lowest BCUT2D eigenvalue weighted by Crippen LogP contribution is -2.48. The third kappa shape index (κ3) is 2.37. The van der Waals surface area contributed by atoms with Crippen LogP contribution in [0.1, 0.15) is 22.5 Å². The molecule has 1 aromatic heterocycles. The minimum absolute atomic E-state index is 0.214. The normalized spacial score (nSPS) is 18.0. The van der Waals surface area contributed by atoms with Crippen LogP contribution in [0.25, 0.3) is 23.2 Å². The summed E-state index contributed by atoms with van der Waals surface area (Å²) >= 11 is 0. The Morgan fingerprint density at radius 3 is 2.52 bits per heavy atom. The van der Waals surface area contributed by atoms with Gasteiger partial charge in [0.25, 0.3) is 5.91 Å². The lowest BCUT2D eigenvalue weighted by atomic mass is 9.95. The number of urea groups is 1. The van der Waals surface area contributed by atoms with E-state index in [1.165, 1.54) is 4.90 Å². The monoisotopic (exact) mass is 358 g/mol. The van der Waals surface area contributed by atoms with E-state index in [0.717, 1.165) is 33.5 Å². The smallest absolute Gasteiger partial charge is 0.324 e. The van der Waals surface area contributed by atoms with Crippen LogP contribution in [-0.4, -0.2) is 39.4 Å². The van der Waals surface area contributed by atoms with Crippen molar-refractivity contribution in [3.8, 4) is 0 Å². The van der Waals surface area contributed by atoms with Crippen molar-refractivity contribution in [1.29, 1.82) is 0 Å². The predicted octanol–water partition coefficient (Wildman–Crippen LogP) is 2.75. The second-order valence-electron chi connectivity index (χ2n) is 7.21. The second-order valence-corrected chi connectivity index (χ2v) is 7.21. The average molecular weight is 358 g/mol. The Kier molecular flexibility index (Phi) is 3.25. The van der Waals surface area contributed by atoms with E-state index in [1.54, 1.807) is 7.05 Å². The number of hydrogen-bond donors (Lipinski definition) is 2. The van der Waals surface area contributed by atoms with Gasteiger partial charge in [0.15, 0.2) is 0 Å². The van der Waals surface area contributed by atoms with Gasteiger partial charge in [-0.25, -0.2) is 9.78 Å². The first-order valence-corrected chi connectivity index (χ1v) is 8.89. The maximum atomic E-state index is 12.4. The van der Waals surface area contributed by atoms with E-state index in [-0.39, 0.29) is 11.9 Å². The molecule has 2 aliphatic rings. The number of nitrogens with one attached hydrogen (secondary N) is 2. The van der Waals surface area contributed by atoms with Crippen molar-refractivity contribution in [2.75, 3.05) is 7.05 Å². The molecular weight excluding hydrogens is 340 g/mol. The molecule has 2 aromatic carbocycles. The highest BCUT2D eigenvalue weighted by atomic mass is 16.2. The molecule has 1 fully saturated rings. The lowest BCUT2D eigenvalue weighted by molar-refractivity contribution is -0.125. The van der Waals surface area contributed by atoms with Crippen molar-refractivity contribution >= 4 is 35.1 Å². The van der Waals surface area contributed by atoms with Gasteiger partial charge in [-0.1, -0.05) is 36.4 Å². The van der Waals surface area contributed by atoms with Crippen LogP contribution in [0.2, 0.25) is 0 Å². The molecule has 3 aromatic rings. The summed E-state index contributed by atoms with van der Waals surface area (Å²) in [6, 6.07) is 13.8. The molecule has 0 saturated carbocycles. The van der Waals surface area contributed by atoms with Crippen molar-refractivity contribution in [1.82, 2.24) is 20.2 Å². The molecule has 3 amide bonds. The quantitative estimate of drug-likeness (QED) is 0.692. The predicted molar refractivity (Wildman–Crippen MR) is 103 cm³/mol. The van der Waals surface area contributed by atoms with Crippen LogP contribution in [0, 0.1) is 0 Å². The first kappa shape index (κ1) is 15.8. The zero-order chi connectivity index (χ0) is 18.6. The highest BCUT2D eigenvalue weighted by molar-refractivity contribution is 6.07. The molecule has 1 aliphatic carbocycles. The zero-order valence-electron chi connectivity index (χ0n) is 14.8. The number of likely N-dealkylation sites (N-methyl/N-ethyl adjacent to an activating group) is 1. The minimum Gasteiger partial charge on any atom is -0.338 e. The first-order chi connectivity index (χ1) is 13.0. The van der Waals surface area contributed by atoms with Crippen LogP contribution in [-0.2, 0) is 17.6 Å². The number of nitrogens with zero attached hydrogens (tertiary/aromatic N) is 2. The number of amides is 3. The highest BCUT2D eigenvalue weighted by Crippen LogP contribution is 2.38. The van der Waals surface area contributed by atoms with Crippen molar-refractivity contribution < 1.29 is 9.59 Å². The summed E-state index contributed by atoms with van der Waals surface area (Å²) in [5.74, 6) is 0.576. The van der Waals surface area contributed by atoms with Crippen LogP contribution in [0.3, 0.4) is 0 Å². The number of benzene rings is 2. The number of rotatable bonds is 2. The highest BCUT2D eigenvalue weighted by Gasteiger charge is 2.54. The Hall–Kier alpha value is -3.41. The fourth-order valence-corrected chi connectivity index (χ4v) is 4.05. The van der Waals surface area contributed by atoms with E-state index in [9.17, 15) is 9.59 Å². The van der Waals surface area contributed by atoms with Crippen LogP contribution in [0.4, 0.5) is 4.79 Å². The first-order valence-electron chi connectivity index (χ1n) is 8.89. The molecular formula is C21H18N4O2. The standard InChI is InChI=1S/C21H18N4O2/c1-25-20(27)24-19(26)21(25)11-14-9-16-17(10-15(14)12-21)23-18(22-16)8-7-13-5-3-2-4-6-13/h2-10H,11-12H2,1H3,(H,22,23)(H,24,26,27). The van der Waals surface area contributed by atoms with Crippen LogP contribution in [0.15, 0.2) is 42.5 Å². The Bertz CT molecular complexity index is 1070. The second kappa shape index (κ2) is 5.54. The Morgan fingerprint density at radius 1 is 1.07 bits per heavy atom. The molecule has 6 heteroatoms. The van der Waals surface area contributed by atoms with E-state index in [1.807, 2.05) is 48.6 Å². The summed E-state index contributed by atoms with van der Waals surface area (Å²) in [6.07, 6.45) is 5.03. The molecule has 1 aliphatic heterocycles. The third-order valence-electron chi connectivity index (χ3n) is 5.61. The number of carbonyl (C=O) groups excluding carboxylic acids is 2. The summed E-state index contributed by atoms with van der Waals surface area (Å²) in [4.78, 5) is 33.8. The number of aromatic nitrogens is 2. The summed E-state index contributed by atoms with van der Waals surface area (Å²) in [7, 11) is 1.68. The van der Waals surface area contributed by atoms with Gasteiger partial charge in [-0.15, -0.1) is 0 Å². The minimum atomic E-state index is -0.797. The van der Waals surface area contributed by atoms with Crippen LogP contribution in [0.5, 0.6) is 0 Å². The Labute approximate surface area is 155 Å². The molecule has 1 spiro atoms. The van der Waals surface area contributed by atoms with Crippen LogP contribution >= 0.6 is 0 Å². The molecule has 5 rings (SSSR count). The number of aromatic amines is 1. The molecule has 6 nitrogen and oxygen atoms in total. The molecule has 1 atom stereocenters. The molecule has 0 bridgehead atoms. The molecule has 1 unspecified atom stereocenters. The van der Waals surface area contributed by atoms with Gasteiger partial charge in [0.05, 0.1) is 11.0 Å². The van der Waals surface area contributed by atoms with Gasteiger partial charge >= 0.3 is 6.03 Å². The van der Waals surface area contributed by atoms with E-state index in [2.05, 4.69) is 21.4 Å². The Morgan fingerprint density at radius 2 is 1.81 bits per heavy atom. The fraction of sp³-hybridized carbons (Fsp3) is 0.190. The number of carbonyl (C=O) groups is 2. The van der Waals surface area contributed by atoms with Gasteiger partial charge in [0, 0.05) is 19.9 Å². The van der Waals surface area contributed by atoms with Gasteiger partial charge in [-0.3, -0.25) is 10.1 Å². The fourth-order valence-electron chi connectivity index (χ4n) is 4.05. The van der Waals surface area contributed by atoms with Crippen molar-refractivity contribution in [3.63, 3.8) is 0 Å². The maximum Gasteiger partial charge on any atom is 0.324 e. The maximum absolute atomic E-state index is 12.4. The summed E-state index contributed by atoms with van der Waals surface area (Å²) < 4.78 is 0. The lowest BCUT2D eigenvalue weighted by Gasteiger charge is -2.27. The summed E-state index contributed by atoms with van der Waals surface area (Å²) in [6.45, 7) is 0. The number of fused-ring (bicyclic) bond motifs is 2. The SMILES string of the molecule is CN1C(=O)NC(=O)C12Cc1cc3nc(C=Cc4ccccc4)[nH]c3cc1C2. The van der Waals surface area contributed by atoms with Gasteiger partial charge < -0.3 is 9.88 Å². The van der Waals surface area contributed by atoms with Crippen molar-refractivity contribution in [2.24, 2.45) is 0 Å². The van der Waals surface area contributed by atoms with Gasteiger partial charge in [0.2, 0.25) is 0 Å². The van der Waals surface area contributed by atoms with Crippen LogP contribution < -0.4 is 5.32 Å². The van der Waals surface area contributed by atoms with Crippen molar-refractivity contribution in [2.45, 2.75) is 18.4 Å². The number of H-pyrrole nitrogens is 1. The largest absolute Gasteiger partial charge is 0.338 e. The van der Waals surface area contributed by atoms with E-state index >= 15 is 0 Å². The topological polar surface area (TPSA) is 78.1 Å². The number of imide groups is 1. The number of imidazole rings is 1. The van der Waals surface area contributed by atoms with Gasteiger partial charge in [0.1, 0.15) is 11.4 Å². The summed E-state index contributed by atoms with van der Waals surface area (Å²) in [5, 5.41) is 2.43. The van der Waals surface area contributed by atoms with Gasteiger partial charge in [-0.2, -0.15) is 0 Å². The average Bonchev–Trinajstić information content (AvgIpc) is 3.30. The molecule has 1 saturated heterocycles. The summed E-state index contributed by atoms with van der Waals surface area (Å²) in [5.41, 5.74) is 4.28. The number of hydrogen-bond acceptors (Lipinski definition) is 3. The molecule has 2 heterocycles. The van der Waals surface area contributed by atoms with E-state index in [4.69, 9.17) is 0 Å². The van der Waals surface area contributed by atoms with E-state index in [0.29, 0.717) is 12.8 Å². The molecule has 27 heavy (non-hydrogen) atoms.